The minimum absolute atomic E-state index is 0.306. The van der Waals surface area contributed by atoms with Gasteiger partial charge in [0.2, 0.25) is 5.89 Å². The molecule has 0 saturated carbocycles. The summed E-state index contributed by atoms with van der Waals surface area (Å²) in [6.45, 7) is 2.10. The number of nitrogens with zero attached hydrogens (tertiary/aromatic N) is 1. The van der Waals surface area contributed by atoms with Crippen molar-refractivity contribution in [3.05, 3.63) is 75.2 Å². The molecule has 1 aromatic heterocycles. The van der Waals surface area contributed by atoms with Crippen molar-refractivity contribution in [2.75, 3.05) is 12.4 Å². The van der Waals surface area contributed by atoms with Crippen LogP contribution in [0.1, 0.15) is 22.8 Å². The predicted octanol–water partition coefficient (Wildman–Crippen LogP) is 6.73. The third-order valence-electron chi connectivity index (χ3n) is 4.71. The highest BCUT2D eigenvalue weighted by Crippen LogP contribution is 2.31. The van der Waals surface area contributed by atoms with Crippen molar-refractivity contribution in [3.8, 4) is 17.2 Å². The number of amides is 1. The van der Waals surface area contributed by atoms with E-state index in [-0.39, 0.29) is 5.91 Å². The lowest BCUT2D eigenvalue weighted by molar-refractivity contribution is 0.102. The Morgan fingerprint density at radius 3 is 2.63 bits per heavy atom. The average Bonchev–Trinajstić information content (AvgIpc) is 3.19. The van der Waals surface area contributed by atoms with E-state index in [1.807, 2.05) is 24.3 Å². The number of aryl methyl sites for hydroxylation is 1. The maximum absolute atomic E-state index is 12.6. The molecule has 0 spiro atoms. The van der Waals surface area contributed by atoms with E-state index in [0.29, 0.717) is 33.5 Å². The van der Waals surface area contributed by atoms with Gasteiger partial charge < -0.3 is 14.5 Å². The van der Waals surface area contributed by atoms with E-state index in [0.717, 1.165) is 22.0 Å². The molecule has 7 heteroatoms. The van der Waals surface area contributed by atoms with Gasteiger partial charge in [0.15, 0.2) is 5.58 Å². The summed E-state index contributed by atoms with van der Waals surface area (Å²) in [5, 5.41) is 3.32. The summed E-state index contributed by atoms with van der Waals surface area (Å²) in [5.74, 6) is 0.672. The summed E-state index contributed by atoms with van der Waals surface area (Å²) in [5.41, 5.74) is 4.52. The fourth-order valence-electron chi connectivity index (χ4n) is 3.13. The number of nitrogens with one attached hydrogen (secondary N) is 1. The molecular weight excluding hydrogens is 468 g/mol. The molecule has 0 aliphatic heterocycles. The van der Waals surface area contributed by atoms with Crippen LogP contribution in [0.4, 0.5) is 5.69 Å². The monoisotopic (exact) mass is 484 g/mol. The van der Waals surface area contributed by atoms with Gasteiger partial charge in [-0.3, -0.25) is 4.79 Å². The van der Waals surface area contributed by atoms with Crippen LogP contribution in [0, 0.1) is 0 Å². The zero-order valence-corrected chi connectivity index (χ0v) is 18.7. The number of aromatic nitrogens is 1. The highest BCUT2D eigenvalue weighted by atomic mass is 79.9. The molecule has 4 rings (SSSR count). The number of hydrogen-bond acceptors (Lipinski definition) is 4. The Morgan fingerprint density at radius 1 is 1.17 bits per heavy atom. The van der Waals surface area contributed by atoms with Gasteiger partial charge in [-0.2, -0.15) is 0 Å². The Morgan fingerprint density at radius 2 is 1.93 bits per heavy atom. The van der Waals surface area contributed by atoms with Crippen molar-refractivity contribution in [1.29, 1.82) is 0 Å². The van der Waals surface area contributed by atoms with Crippen LogP contribution in [0.5, 0.6) is 5.75 Å². The molecule has 0 radical (unpaired) electrons. The Bertz CT molecular complexity index is 1240. The Hall–Kier alpha value is -2.83. The number of methoxy groups -OCH3 is 1. The van der Waals surface area contributed by atoms with Crippen molar-refractivity contribution < 1.29 is 13.9 Å². The summed E-state index contributed by atoms with van der Waals surface area (Å²) in [6, 6.07) is 16.3. The van der Waals surface area contributed by atoms with Crippen LogP contribution in [-0.2, 0) is 6.42 Å². The molecule has 152 valence electrons. The highest BCUT2D eigenvalue weighted by Gasteiger charge is 2.15. The van der Waals surface area contributed by atoms with Crippen molar-refractivity contribution in [3.63, 3.8) is 0 Å². The number of rotatable bonds is 5. The molecule has 5 nitrogen and oxygen atoms in total. The number of oxazole rings is 1. The highest BCUT2D eigenvalue weighted by molar-refractivity contribution is 9.10. The van der Waals surface area contributed by atoms with Gasteiger partial charge in [-0.05, 0) is 82.5 Å². The van der Waals surface area contributed by atoms with E-state index < -0.39 is 0 Å². The second-order valence-electron chi connectivity index (χ2n) is 6.67. The molecule has 30 heavy (non-hydrogen) atoms. The molecular formula is C23H18BrClN2O3. The summed E-state index contributed by atoms with van der Waals surface area (Å²) in [6.07, 6.45) is 0.919. The van der Waals surface area contributed by atoms with Gasteiger partial charge in [-0.15, -0.1) is 0 Å². The molecule has 4 aromatic rings. The lowest BCUT2D eigenvalue weighted by atomic mass is 10.1. The summed E-state index contributed by atoms with van der Waals surface area (Å²) < 4.78 is 12.1. The minimum atomic E-state index is -0.306. The Labute approximate surface area is 187 Å². The normalized spacial score (nSPS) is 10.9. The zero-order valence-electron chi connectivity index (χ0n) is 16.3. The SMILES string of the molecule is CCc1cc(Br)c2oc(-c3ccc(NC(=O)c4cc(Cl)ccc4OC)cc3)nc2c1. The molecule has 0 atom stereocenters. The van der Waals surface area contributed by atoms with Gasteiger partial charge in [0.25, 0.3) is 5.91 Å². The Kier molecular flexibility index (Phi) is 5.79. The van der Waals surface area contributed by atoms with Gasteiger partial charge in [-0.1, -0.05) is 18.5 Å². The Balaban J connectivity index is 1.58. The molecule has 0 bridgehead atoms. The average molecular weight is 486 g/mol. The van der Waals surface area contributed by atoms with E-state index in [1.165, 1.54) is 12.7 Å². The maximum Gasteiger partial charge on any atom is 0.259 e. The summed E-state index contributed by atoms with van der Waals surface area (Å²) in [4.78, 5) is 17.2. The van der Waals surface area contributed by atoms with Crippen LogP contribution >= 0.6 is 27.5 Å². The van der Waals surface area contributed by atoms with Crippen LogP contribution in [0.2, 0.25) is 5.02 Å². The molecule has 0 fully saturated rings. The smallest absolute Gasteiger partial charge is 0.259 e. The third kappa shape index (κ3) is 4.06. The van der Waals surface area contributed by atoms with Gasteiger partial charge in [0.05, 0.1) is 17.1 Å². The number of hydrogen-bond donors (Lipinski definition) is 1. The topological polar surface area (TPSA) is 64.4 Å². The lowest BCUT2D eigenvalue weighted by Crippen LogP contribution is -2.13. The first kappa shape index (κ1) is 20.4. The van der Waals surface area contributed by atoms with E-state index in [1.54, 1.807) is 30.3 Å². The van der Waals surface area contributed by atoms with Gasteiger partial charge >= 0.3 is 0 Å². The third-order valence-corrected chi connectivity index (χ3v) is 5.53. The van der Waals surface area contributed by atoms with Crippen LogP contribution in [0.3, 0.4) is 0 Å². The predicted molar refractivity (Wildman–Crippen MR) is 122 cm³/mol. The zero-order chi connectivity index (χ0) is 21.3. The quantitative estimate of drug-likeness (QED) is 0.340. The van der Waals surface area contributed by atoms with E-state index >= 15 is 0 Å². The molecule has 1 heterocycles. The molecule has 0 aliphatic rings. The number of ether oxygens (including phenoxy) is 1. The second kappa shape index (κ2) is 8.50. The van der Waals surface area contributed by atoms with Crippen molar-refractivity contribution in [2.24, 2.45) is 0 Å². The molecule has 1 N–H and O–H groups in total. The van der Waals surface area contributed by atoms with Crippen molar-refractivity contribution in [1.82, 2.24) is 4.98 Å². The van der Waals surface area contributed by atoms with E-state index in [4.69, 9.17) is 20.8 Å². The number of benzene rings is 3. The number of fused-ring (bicyclic) bond motifs is 1. The lowest BCUT2D eigenvalue weighted by Gasteiger charge is -2.10. The van der Waals surface area contributed by atoms with Crippen molar-refractivity contribution >= 4 is 50.2 Å². The molecule has 0 unspecified atom stereocenters. The number of anilines is 1. The number of carbonyl (C=O) groups excluding carboxylic acids is 1. The van der Waals surface area contributed by atoms with Crippen LogP contribution in [0.25, 0.3) is 22.6 Å². The van der Waals surface area contributed by atoms with E-state index in [2.05, 4.69) is 33.2 Å². The van der Waals surface area contributed by atoms with E-state index in [9.17, 15) is 4.79 Å². The molecule has 0 saturated heterocycles. The maximum atomic E-state index is 12.6. The second-order valence-corrected chi connectivity index (χ2v) is 7.97. The fourth-order valence-corrected chi connectivity index (χ4v) is 3.88. The first-order valence-corrected chi connectivity index (χ1v) is 10.5. The van der Waals surface area contributed by atoms with Crippen LogP contribution in [0.15, 0.2) is 63.5 Å². The van der Waals surface area contributed by atoms with Crippen molar-refractivity contribution in [2.45, 2.75) is 13.3 Å². The molecule has 0 aliphatic carbocycles. The summed E-state index contributed by atoms with van der Waals surface area (Å²) in [7, 11) is 1.51. The fraction of sp³-hybridized carbons (Fsp3) is 0.130. The van der Waals surface area contributed by atoms with Gasteiger partial charge in [-0.25, -0.2) is 4.98 Å². The first-order valence-electron chi connectivity index (χ1n) is 9.32. The molecule has 3 aromatic carbocycles. The van der Waals surface area contributed by atoms with Gasteiger partial charge in [0, 0.05) is 16.3 Å². The standard InChI is InChI=1S/C23H18BrClN2O3/c1-3-13-10-18(24)21-19(11-13)27-23(30-21)14-4-7-16(8-5-14)26-22(28)17-12-15(25)6-9-20(17)29-2/h4-12H,3H2,1-2H3,(H,26,28). The van der Waals surface area contributed by atoms with Crippen LogP contribution < -0.4 is 10.1 Å². The minimum Gasteiger partial charge on any atom is -0.496 e. The van der Waals surface area contributed by atoms with Crippen LogP contribution in [-0.4, -0.2) is 18.0 Å². The number of carbonyl (C=O) groups is 1. The number of halogens is 2. The largest absolute Gasteiger partial charge is 0.496 e. The summed E-state index contributed by atoms with van der Waals surface area (Å²) >= 11 is 9.57. The van der Waals surface area contributed by atoms with Gasteiger partial charge in [0.1, 0.15) is 11.3 Å². The molecule has 1 amide bonds. The first-order chi connectivity index (χ1) is 14.5.